The van der Waals surface area contributed by atoms with Gasteiger partial charge in [-0.3, -0.25) is 9.69 Å². The average Bonchev–Trinajstić information content (AvgIpc) is 2.81. The molecule has 1 amide bonds. The minimum Gasteiger partial charge on any atom is -0.492 e. The van der Waals surface area contributed by atoms with Gasteiger partial charge in [0.2, 0.25) is 15.9 Å². The molecule has 1 heterocycles. The lowest BCUT2D eigenvalue weighted by Crippen LogP contribution is -2.49. The second kappa shape index (κ2) is 12.3. The van der Waals surface area contributed by atoms with Crippen LogP contribution in [0.5, 0.6) is 5.75 Å². The molecular formula is C23H30ClN3O5S. The molecule has 8 nitrogen and oxygen atoms in total. The van der Waals surface area contributed by atoms with Gasteiger partial charge < -0.3 is 14.8 Å². The van der Waals surface area contributed by atoms with Crippen LogP contribution in [0.4, 0.5) is 0 Å². The minimum atomic E-state index is -4.00. The molecule has 1 saturated heterocycles. The Balaban J connectivity index is 1.71. The normalized spacial score (nSPS) is 15.7. The summed E-state index contributed by atoms with van der Waals surface area (Å²) < 4.78 is 39.4. The van der Waals surface area contributed by atoms with Crippen LogP contribution in [0, 0.1) is 0 Å². The van der Waals surface area contributed by atoms with Crippen molar-refractivity contribution in [1.82, 2.24) is 14.9 Å². The molecule has 1 aliphatic rings. The number of benzene rings is 2. The monoisotopic (exact) mass is 495 g/mol. The zero-order valence-electron chi connectivity index (χ0n) is 18.6. The molecular weight excluding hydrogens is 466 g/mol. The number of rotatable bonds is 11. The van der Waals surface area contributed by atoms with Crippen molar-refractivity contribution in [2.24, 2.45) is 0 Å². The molecule has 0 aliphatic carbocycles. The van der Waals surface area contributed by atoms with E-state index in [2.05, 4.69) is 14.9 Å². The number of morpholine rings is 1. The highest BCUT2D eigenvalue weighted by Crippen LogP contribution is 2.27. The van der Waals surface area contributed by atoms with Crippen molar-refractivity contribution in [3.63, 3.8) is 0 Å². The fourth-order valence-corrected chi connectivity index (χ4v) is 5.02. The number of amides is 1. The largest absolute Gasteiger partial charge is 0.492 e. The highest BCUT2D eigenvalue weighted by atomic mass is 35.5. The van der Waals surface area contributed by atoms with Crippen LogP contribution in [-0.4, -0.2) is 71.3 Å². The summed E-state index contributed by atoms with van der Waals surface area (Å²) in [5.74, 6) is 0.0209. The van der Waals surface area contributed by atoms with E-state index < -0.39 is 16.1 Å². The van der Waals surface area contributed by atoms with E-state index in [4.69, 9.17) is 21.1 Å². The van der Waals surface area contributed by atoms with E-state index >= 15 is 0 Å². The van der Waals surface area contributed by atoms with Gasteiger partial charge in [0, 0.05) is 26.2 Å². The first-order chi connectivity index (χ1) is 15.9. The van der Waals surface area contributed by atoms with E-state index in [-0.39, 0.29) is 22.2 Å². The lowest BCUT2D eigenvalue weighted by molar-refractivity contribution is -0.122. The number of hydrogen-bond donors (Lipinski definition) is 2. The standard InChI is InChI=1S/C23H30ClN3O5S/c1-2-32-22-9-8-19(17-20(22)24)33(29,30)26-21(16-18-6-4-3-5-7-18)23(28)25-10-11-27-12-14-31-15-13-27/h3-9,17,21,26H,2,10-16H2,1H3,(H,25,28). The summed E-state index contributed by atoms with van der Waals surface area (Å²) in [6.45, 7) is 6.30. The van der Waals surface area contributed by atoms with Gasteiger partial charge >= 0.3 is 0 Å². The number of nitrogens with one attached hydrogen (secondary N) is 2. The van der Waals surface area contributed by atoms with Crippen LogP contribution in [0.1, 0.15) is 12.5 Å². The van der Waals surface area contributed by atoms with E-state index in [1.807, 2.05) is 37.3 Å². The third-order valence-electron chi connectivity index (χ3n) is 5.24. The first-order valence-electron chi connectivity index (χ1n) is 11.0. The van der Waals surface area contributed by atoms with E-state index in [0.29, 0.717) is 38.7 Å². The molecule has 0 saturated carbocycles. The number of ether oxygens (including phenoxy) is 2. The molecule has 0 spiro atoms. The highest BCUT2D eigenvalue weighted by molar-refractivity contribution is 7.89. The van der Waals surface area contributed by atoms with E-state index in [0.717, 1.165) is 18.7 Å². The van der Waals surface area contributed by atoms with Gasteiger partial charge in [-0.1, -0.05) is 41.9 Å². The van der Waals surface area contributed by atoms with Gasteiger partial charge in [-0.2, -0.15) is 4.72 Å². The van der Waals surface area contributed by atoms with Crippen molar-refractivity contribution < 1.29 is 22.7 Å². The molecule has 1 atom stereocenters. The Kier molecular flexibility index (Phi) is 9.52. The molecule has 2 N–H and O–H groups in total. The van der Waals surface area contributed by atoms with Crippen LogP contribution in [0.3, 0.4) is 0 Å². The highest BCUT2D eigenvalue weighted by Gasteiger charge is 2.27. The van der Waals surface area contributed by atoms with E-state index in [1.54, 1.807) is 0 Å². The molecule has 0 radical (unpaired) electrons. The molecule has 1 unspecified atom stereocenters. The number of carbonyl (C=O) groups excluding carboxylic acids is 1. The molecule has 1 fully saturated rings. The van der Waals surface area contributed by atoms with E-state index in [9.17, 15) is 13.2 Å². The van der Waals surface area contributed by atoms with Gasteiger partial charge in [-0.05, 0) is 37.1 Å². The topological polar surface area (TPSA) is 97.0 Å². The molecule has 2 aromatic carbocycles. The predicted octanol–water partition coefficient (Wildman–Crippen LogP) is 2.08. The van der Waals surface area contributed by atoms with Crippen LogP contribution in [0.2, 0.25) is 5.02 Å². The maximum Gasteiger partial charge on any atom is 0.241 e. The van der Waals surface area contributed by atoms with E-state index in [1.165, 1.54) is 18.2 Å². The molecule has 0 aromatic heterocycles. The maximum absolute atomic E-state index is 13.1. The van der Waals surface area contributed by atoms with Gasteiger partial charge in [-0.25, -0.2) is 8.42 Å². The Morgan fingerprint density at radius 2 is 1.91 bits per heavy atom. The SMILES string of the molecule is CCOc1ccc(S(=O)(=O)NC(Cc2ccccc2)C(=O)NCCN2CCOCC2)cc1Cl. The van der Waals surface area contributed by atoms with Gasteiger partial charge in [0.05, 0.1) is 29.7 Å². The Labute approximate surface area is 200 Å². The van der Waals surface area contributed by atoms with Crippen molar-refractivity contribution in [1.29, 1.82) is 0 Å². The Morgan fingerprint density at radius 1 is 1.18 bits per heavy atom. The van der Waals surface area contributed by atoms with Crippen LogP contribution in [0.15, 0.2) is 53.4 Å². The van der Waals surface area contributed by atoms with Gasteiger partial charge in [0.15, 0.2) is 0 Å². The second-order valence-electron chi connectivity index (χ2n) is 7.63. The fourth-order valence-electron chi connectivity index (χ4n) is 3.50. The second-order valence-corrected chi connectivity index (χ2v) is 9.76. The Hall–Kier alpha value is -2.17. The van der Waals surface area contributed by atoms with Crippen molar-refractivity contribution in [2.45, 2.75) is 24.3 Å². The van der Waals surface area contributed by atoms with Crippen LogP contribution >= 0.6 is 11.6 Å². The van der Waals surface area contributed by atoms with Crippen molar-refractivity contribution in [2.75, 3.05) is 46.0 Å². The summed E-state index contributed by atoms with van der Waals surface area (Å²) in [5.41, 5.74) is 0.846. The zero-order chi connectivity index (χ0) is 23.7. The third-order valence-corrected chi connectivity index (χ3v) is 7.01. The summed E-state index contributed by atoms with van der Waals surface area (Å²) in [4.78, 5) is 15.1. The van der Waals surface area contributed by atoms with Crippen molar-refractivity contribution >= 4 is 27.5 Å². The van der Waals surface area contributed by atoms with Crippen LogP contribution in [-0.2, 0) is 26.0 Å². The van der Waals surface area contributed by atoms with Crippen LogP contribution < -0.4 is 14.8 Å². The predicted molar refractivity (Wildman–Crippen MR) is 127 cm³/mol. The summed E-state index contributed by atoms with van der Waals surface area (Å²) in [7, 11) is -4.00. The minimum absolute atomic E-state index is 0.0323. The first-order valence-corrected chi connectivity index (χ1v) is 12.8. The molecule has 2 aromatic rings. The summed E-state index contributed by atoms with van der Waals surface area (Å²) in [6, 6.07) is 12.5. The Morgan fingerprint density at radius 3 is 2.58 bits per heavy atom. The fraction of sp³-hybridized carbons (Fsp3) is 0.435. The average molecular weight is 496 g/mol. The molecule has 10 heteroatoms. The van der Waals surface area contributed by atoms with Gasteiger partial charge in [-0.15, -0.1) is 0 Å². The molecule has 180 valence electrons. The Bertz CT molecular complexity index is 1010. The number of hydrogen-bond acceptors (Lipinski definition) is 6. The number of carbonyl (C=O) groups is 1. The smallest absolute Gasteiger partial charge is 0.241 e. The number of sulfonamides is 1. The zero-order valence-corrected chi connectivity index (χ0v) is 20.2. The van der Waals surface area contributed by atoms with Crippen molar-refractivity contribution in [3.05, 3.63) is 59.1 Å². The molecule has 3 rings (SSSR count). The maximum atomic E-state index is 13.1. The third kappa shape index (κ3) is 7.68. The quantitative estimate of drug-likeness (QED) is 0.495. The lowest BCUT2D eigenvalue weighted by atomic mass is 10.1. The van der Waals surface area contributed by atoms with Gasteiger partial charge in [0.25, 0.3) is 0 Å². The number of halogens is 1. The first kappa shape index (κ1) is 25.5. The molecule has 1 aliphatic heterocycles. The lowest BCUT2D eigenvalue weighted by Gasteiger charge is -2.27. The van der Waals surface area contributed by atoms with Crippen molar-refractivity contribution in [3.8, 4) is 5.75 Å². The van der Waals surface area contributed by atoms with Gasteiger partial charge in [0.1, 0.15) is 11.8 Å². The number of nitrogens with zero attached hydrogens (tertiary/aromatic N) is 1. The molecule has 33 heavy (non-hydrogen) atoms. The summed E-state index contributed by atoms with van der Waals surface area (Å²) in [5, 5.41) is 3.06. The van der Waals surface area contributed by atoms with Crippen LogP contribution in [0.25, 0.3) is 0 Å². The summed E-state index contributed by atoms with van der Waals surface area (Å²) >= 11 is 6.18. The summed E-state index contributed by atoms with van der Waals surface area (Å²) in [6.07, 6.45) is 0.216. The molecule has 0 bridgehead atoms.